The molecule has 0 atom stereocenters. The van der Waals surface area contributed by atoms with Gasteiger partial charge in [0.15, 0.2) is 0 Å². The van der Waals surface area contributed by atoms with Gasteiger partial charge in [-0.25, -0.2) is 4.98 Å². The summed E-state index contributed by atoms with van der Waals surface area (Å²) in [5.41, 5.74) is 0.822. The summed E-state index contributed by atoms with van der Waals surface area (Å²) in [7, 11) is 0. The maximum Gasteiger partial charge on any atom is 0.256 e. The van der Waals surface area contributed by atoms with Crippen LogP contribution in [0.25, 0.3) is 10.9 Å². The van der Waals surface area contributed by atoms with Gasteiger partial charge in [0.05, 0.1) is 11.8 Å². The van der Waals surface area contributed by atoms with Crippen LogP contribution >= 0.6 is 0 Å². The largest absolute Gasteiger partial charge is 0.352 e. The van der Waals surface area contributed by atoms with E-state index >= 15 is 0 Å². The first-order chi connectivity index (χ1) is 11.7. The molecular formula is C18H20N4O2. The number of carbonyl (C=O) groups is 1. The highest BCUT2D eigenvalue weighted by Gasteiger charge is 2.14. The molecule has 0 unspecified atom stereocenters. The first-order valence-electron chi connectivity index (χ1n) is 8.07. The van der Waals surface area contributed by atoms with Crippen LogP contribution < -0.4 is 10.7 Å². The molecule has 0 aliphatic heterocycles. The number of carbonyl (C=O) groups excluding carboxylic acids is 1. The van der Waals surface area contributed by atoms with E-state index in [0.29, 0.717) is 18.5 Å². The molecule has 0 saturated heterocycles. The molecule has 0 spiro atoms. The van der Waals surface area contributed by atoms with E-state index in [0.717, 1.165) is 18.5 Å². The Kier molecular flexibility index (Phi) is 4.74. The summed E-state index contributed by atoms with van der Waals surface area (Å²) < 4.78 is 3.88. The van der Waals surface area contributed by atoms with E-state index in [4.69, 9.17) is 0 Å². The fourth-order valence-corrected chi connectivity index (χ4v) is 2.75. The number of hydrogen-bond acceptors (Lipinski definition) is 3. The zero-order chi connectivity index (χ0) is 16.9. The first-order valence-corrected chi connectivity index (χ1v) is 8.07. The van der Waals surface area contributed by atoms with Crippen LogP contribution in [0, 0.1) is 0 Å². The molecule has 124 valence electrons. The van der Waals surface area contributed by atoms with Crippen LogP contribution in [0.15, 0.2) is 54.0 Å². The topological polar surface area (TPSA) is 68.9 Å². The van der Waals surface area contributed by atoms with Gasteiger partial charge in [-0.05, 0) is 25.5 Å². The van der Waals surface area contributed by atoms with E-state index in [1.807, 2.05) is 40.5 Å². The molecule has 0 aliphatic rings. The smallest absolute Gasteiger partial charge is 0.256 e. The summed E-state index contributed by atoms with van der Waals surface area (Å²) in [4.78, 5) is 28.9. The Morgan fingerprint density at radius 1 is 1.29 bits per heavy atom. The number of nitrogens with zero attached hydrogens (tertiary/aromatic N) is 3. The number of amides is 1. The number of imidazole rings is 1. The van der Waals surface area contributed by atoms with E-state index in [9.17, 15) is 9.59 Å². The summed E-state index contributed by atoms with van der Waals surface area (Å²) in [6, 6.07) is 7.37. The molecule has 2 heterocycles. The lowest BCUT2D eigenvalue weighted by Crippen LogP contribution is -2.31. The average molecular weight is 324 g/mol. The minimum Gasteiger partial charge on any atom is -0.352 e. The normalized spacial score (nSPS) is 10.9. The molecule has 0 fully saturated rings. The van der Waals surface area contributed by atoms with E-state index in [-0.39, 0.29) is 16.9 Å². The molecule has 0 radical (unpaired) electrons. The summed E-state index contributed by atoms with van der Waals surface area (Å²) in [6.45, 7) is 3.97. The van der Waals surface area contributed by atoms with Crippen molar-refractivity contribution in [2.24, 2.45) is 0 Å². The van der Waals surface area contributed by atoms with Crippen LogP contribution in [0.3, 0.4) is 0 Å². The summed E-state index contributed by atoms with van der Waals surface area (Å²) in [5, 5.41) is 3.41. The molecule has 3 rings (SSSR count). The molecule has 6 heteroatoms. The van der Waals surface area contributed by atoms with Crippen molar-refractivity contribution in [3.05, 3.63) is 65.0 Å². The van der Waals surface area contributed by atoms with Crippen molar-refractivity contribution in [3.8, 4) is 0 Å². The van der Waals surface area contributed by atoms with Crippen LogP contribution in [0.1, 0.15) is 23.7 Å². The minimum absolute atomic E-state index is 0.193. The molecule has 1 amide bonds. The number of aromatic nitrogens is 3. The highest BCUT2D eigenvalue weighted by Crippen LogP contribution is 2.11. The average Bonchev–Trinajstić information content (AvgIpc) is 3.12. The van der Waals surface area contributed by atoms with Crippen LogP contribution in [-0.4, -0.2) is 26.6 Å². The third-order valence-corrected chi connectivity index (χ3v) is 4.01. The zero-order valence-electron chi connectivity index (χ0n) is 13.6. The summed E-state index contributed by atoms with van der Waals surface area (Å²) in [5.74, 6) is -0.321. The number of hydrogen-bond donors (Lipinski definition) is 1. The van der Waals surface area contributed by atoms with Crippen molar-refractivity contribution in [1.82, 2.24) is 19.4 Å². The van der Waals surface area contributed by atoms with Crippen molar-refractivity contribution < 1.29 is 4.79 Å². The van der Waals surface area contributed by atoms with Gasteiger partial charge in [0.2, 0.25) is 5.43 Å². The molecule has 0 saturated carbocycles. The maximum absolute atomic E-state index is 12.6. The predicted octanol–water partition coefficient (Wildman–Crippen LogP) is 2.04. The van der Waals surface area contributed by atoms with Gasteiger partial charge in [-0.1, -0.05) is 12.1 Å². The number of pyridine rings is 1. The number of fused-ring (bicyclic) bond motifs is 1. The lowest BCUT2D eigenvalue weighted by molar-refractivity contribution is 0.0951. The third kappa shape index (κ3) is 3.22. The molecule has 24 heavy (non-hydrogen) atoms. The van der Waals surface area contributed by atoms with Crippen LogP contribution in [0.4, 0.5) is 0 Å². The number of benzene rings is 1. The van der Waals surface area contributed by atoms with Crippen molar-refractivity contribution in [3.63, 3.8) is 0 Å². The molecular weight excluding hydrogens is 304 g/mol. The molecule has 3 aromatic rings. The number of nitrogens with one attached hydrogen (secondary N) is 1. The Morgan fingerprint density at radius 3 is 2.88 bits per heavy atom. The van der Waals surface area contributed by atoms with Crippen molar-refractivity contribution in [1.29, 1.82) is 0 Å². The lowest BCUT2D eigenvalue weighted by atomic mass is 10.1. The number of para-hydroxylation sites is 1. The second-order valence-electron chi connectivity index (χ2n) is 5.59. The van der Waals surface area contributed by atoms with Gasteiger partial charge < -0.3 is 14.5 Å². The Balaban J connectivity index is 1.74. The quantitative estimate of drug-likeness (QED) is 0.706. The minimum atomic E-state index is -0.321. The van der Waals surface area contributed by atoms with E-state index in [2.05, 4.69) is 10.3 Å². The fraction of sp³-hybridized carbons (Fsp3) is 0.278. The van der Waals surface area contributed by atoms with Gasteiger partial charge in [0, 0.05) is 43.6 Å². The highest BCUT2D eigenvalue weighted by atomic mass is 16.2. The molecule has 2 aromatic heterocycles. The Hall–Kier alpha value is -2.89. The Bertz CT molecular complexity index is 897. The molecule has 1 N–H and O–H groups in total. The lowest BCUT2D eigenvalue weighted by Gasteiger charge is -2.11. The molecule has 1 aromatic carbocycles. The van der Waals surface area contributed by atoms with Gasteiger partial charge >= 0.3 is 0 Å². The number of rotatable bonds is 6. The second-order valence-corrected chi connectivity index (χ2v) is 5.59. The van der Waals surface area contributed by atoms with Gasteiger partial charge in [0.1, 0.15) is 5.56 Å². The van der Waals surface area contributed by atoms with Crippen LogP contribution in [0.2, 0.25) is 0 Å². The predicted molar refractivity (Wildman–Crippen MR) is 93.1 cm³/mol. The SMILES string of the molecule is CCn1cc(C(=O)NCCCn2ccnc2)c(=O)c2ccccc21. The fourth-order valence-electron chi connectivity index (χ4n) is 2.75. The zero-order valence-corrected chi connectivity index (χ0v) is 13.6. The standard InChI is InChI=1S/C18H20N4O2/c1-2-22-12-15(17(23)14-6-3-4-7-16(14)22)18(24)20-8-5-10-21-11-9-19-13-21/h3-4,6-7,9,11-13H,2,5,8,10H2,1H3,(H,20,24). The van der Waals surface area contributed by atoms with Crippen LogP contribution in [-0.2, 0) is 13.1 Å². The molecule has 0 aliphatic carbocycles. The van der Waals surface area contributed by atoms with Crippen LogP contribution in [0.5, 0.6) is 0 Å². The van der Waals surface area contributed by atoms with Crippen molar-refractivity contribution in [2.45, 2.75) is 26.4 Å². The van der Waals surface area contributed by atoms with Gasteiger partial charge in [-0.3, -0.25) is 9.59 Å². The molecule has 0 bridgehead atoms. The summed E-state index contributed by atoms with van der Waals surface area (Å²) in [6.07, 6.45) is 7.77. The monoisotopic (exact) mass is 324 g/mol. The van der Waals surface area contributed by atoms with Gasteiger partial charge in [0.25, 0.3) is 5.91 Å². The van der Waals surface area contributed by atoms with Crippen molar-refractivity contribution >= 4 is 16.8 Å². The maximum atomic E-state index is 12.6. The van der Waals surface area contributed by atoms with E-state index in [1.165, 1.54) is 0 Å². The first kappa shape index (κ1) is 16.0. The van der Waals surface area contributed by atoms with E-state index in [1.54, 1.807) is 24.8 Å². The second kappa shape index (κ2) is 7.12. The van der Waals surface area contributed by atoms with Gasteiger partial charge in [-0.15, -0.1) is 0 Å². The Labute approximate surface area is 139 Å². The highest BCUT2D eigenvalue weighted by molar-refractivity contribution is 5.97. The summed E-state index contributed by atoms with van der Waals surface area (Å²) >= 11 is 0. The number of aryl methyl sites for hydroxylation is 2. The molecule has 6 nitrogen and oxygen atoms in total. The van der Waals surface area contributed by atoms with Crippen molar-refractivity contribution in [2.75, 3.05) is 6.54 Å². The van der Waals surface area contributed by atoms with Gasteiger partial charge in [-0.2, -0.15) is 0 Å². The third-order valence-electron chi connectivity index (χ3n) is 4.01. The van der Waals surface area contributed by atoms with E-state index < -0.39 is 0 Å². The Morgan fingerprint density at radius 2 is 2.12 bits per heavy atom.